The number of nitrogens with zero attached hydrogens (tertiary/aromatic N) is 3. The highest BCUT2D eigenvalue weighted by Crippen LogP contribution is 2.15. The third-order valence-corrected chi connectivity index (χ3v) is 5.29. The minimum atomic E-state index is -1.05. The van der Waals surface area contributed by atoms with Gasteiger partial charge in [-0.2, -0.15) is 0 Å². The molecular weight excluding hydrogens is 392 g/mol. The highest BCUT2D eigenvalue weighted by molar-refractivity contribution is 7.09. The Kier molecular flexibility index (Phi) is 5.97. The minimum Gasteiger partial charge on any atom is -0.452 e. The van der Waals surface area contributed by atoms with Crippen LogP contribution in [0.1, 0.15) is 23.3 Å². The maximum Gasteiger partial charge on any atom is 0.312 e. The summed E-state index contributed by atoms with van der Waals surface area (Å²) in [5.41, 5.74) is 1.67. The predicted octanol–water partition coefficient (Wildman–Crippen LogP) is 2.36. The molecule has 8 nitrogen and oxygen atoms in total. The fraction of sp³-hybridized carbons (Fsp3) is 0.300. The Balaban J connectivity index is 1.72. The number of thiazole rings is 1. The first-order valence-corrected chi connectivity index (χ1v) is 9.91. The van der Waals surface area contributed by atoms with Crippen molar-refractivity contribution in [2.45, 2.75) is 33.3 Å². The van der Waals surface area contributed by atoms with E-state index in [4.69, 9.17) is 4.74 Å². The van der Waals surface area contributed by atoms with Crippen molar-refractivity contribution < 1.29 is 14.3 Å². The molecule has 29 heavy (non-hydrogen) atoms. The lowest BCUT2D eigenvalue weighted by Gasteiger charge is -2.12. The van der Waals surface area contributed by atoms with Crippen LogP contribution in [0.5, 0.6) is 0 Å². The van der Waals surface area contributed by atoms with E-state index in [0.29, 0.717) is 17.1 Å². The van der Waals surface area contributed by atoms with E-state index in [2.05, 4.69) is 10.3 Å². The SMILES string of the molecule is Cc1nc(CC(=O)O[C@H](C)C(=O)Nc2c(C)n(C)n(-c3ccccc3)c2=O)cs1. The van der Waals surface area contributed by atoms with Crippen molar-refractivity contribution in [1.29, 1.82) is 0 Å². The van der Waals surface area contributed by atoms with Gasteiger partial charge in [-0.15, -0.1) is 11.3 Å². The molecule has 0 radical (unpaired) electrons. The quantitative estimate of drug-likeness (QED) is 0.625. The summed E-state index contributed by atoms with van der Waals surface area (Å²) in [5.74, 6) is -1.12. The number of ether oxygens (including phenoxy) is 1. The number of hydrogen-bond donors (Lipinski definition) is 1. The summed E-state index contributed by atoms with van der Waals surface area (Å²) >= 11 is 1.44. The molecule has 1 atom stereocenters. The number of carbonyl (C=O) groups excluding carboxylic acids is 2. The number of rotatable bonds is 6. The summed E-state index contributed by atoms with van der Waals surface area (Å²) in [6, 6.07) is 9.12. The van der Waals surface area contributed by atoms with Crippen molar-refractivity contribution in [3.05, 3.63) is 62.5 Å². The Morgan fingerprint density at radius 2 is 1.93 bits per heavy atom. The standard InChI is InChI=1S/C20H22N4O4S/c1-12-18(20(27)24(23(12)4)16-8-6-5-7-9-16)22-19(26)13(2)28-17(25)10-15-11-29-14(3)21-15/h5-9,11,13H,10H2,1-4H3,(H,22,26)/t13-/m1/s1. The van der Waals surface area contributed by atoms with Gasteiger partial charge in [-0.3, -0.25) is 19.1 Å². The first-order chi connectivity index (χ1) is 13.8. The molecule has 2 heterocycles. The Labute approximate surface area is 171 Å². The summed E-state index contributed by atoms with van der Waals surface area (Å²) in [4.78, 5) is 41.6. The van der Waals surface area contributed by atoms with Crippen LogP contribution in [0, 0.1) is 13.8 Å². The van der Waals surface area contributed by atoms with E-state index in [1.807, 2.05) is 25.1 Å². The molecule has 3 aromatic rings. The van der Waals surface area contributed by atoms with Crippen molar-refractivity contribution in [1.82, 2.24) is 14.3 Å². The van der Waals surface area contributed by atoms with Gasteiger partial charge in [0, 0.05) is 12.4 Å². The lowest BCUT2D eigenvalue weighted by molar-refractivity contribution is -0.152. The van der Waals surface area contributed by atoms with Gasteiger partial charge in [0.1, 0.15) is 5.69 Å². The average Bonchev–Trinajstić information content (AvgIpc) is 3.18. The Morgan fingerprint density at radius 1 is 1.24 bits per heavy atom. The molecule has 1 N–H and O–H groups in total. The van der Waals surface area contributed by atoms with Gasteiger partial charge in [0.2, 0.25) is 0 Å². The predicted molar refractivity (Wildman–Crippen MR) is 110 cm³/mol. The zero-order valence-electron chi connectivity index (χ0n) is 16.6. The molecule has 152 valence electrons. The van der Waals surface area contributed by atoms with Crippen molar-refractivity contribution >= 4 is 28.9 Å². The van der Waals surface area contributed by atoms with Crippen LogP contribution in [-0.2, 0) is 27.8 Å². The third kappa shape index (κ3) is 4.45. The van der Waals surface area contributed by atoms with Crippen LogP contribution in [0.4, 0.5) is 5.69 Å². The first kappa shape index (κ1) is 20.5. The van der Waals surface area contributed by atoms with Crippen LogP contribution in [0.3, 0.4) is 0 Å². The number of amides is 1. The van der Waals surface area contributed by atoms with Crippen molar-refractivity contribution in [2.24, 2.45) is 7.05 Å². The molecule has 0 fully saturated rings. The molecule has 0 saturated heterocycles. The summed E-state index contributed by atoms with van der Waals surface area (Å²) in [6.07, 6.45) is -1.06. The van der Waals surface area contributed by atoms with Crippen LogP contribution in [-0.4, -0.2) is 32.3 Å². The van der Waals surface area contributed by atoms with Crippen molar-refractivity contribution in [2.75, 3.05) is 5.32 Å². The number of esters is 1. The van der Waals surface area contributed by atoms with Crippen LogP contribution in [0.15, 0.2) is 40.5 Å². The maximum absolute atomic E-state index is 12.8. The lowest BCUT2D eigenvalue weighted by atomic mass is 10.3. The monoisotopic (exact) mass is 414 g/mol. The van der Waals surface area contributed by atoms with Crippen LogP contribution >= 0.6 is 11.3 Å². The second-order valence-corrected chi connectivity index (χ2v) is 7.65. The number of carbonyl (C=O) groups is 2. The second-order valence-electron chi connectivity index (χ2n) is 6.59. The van der Waals surface area contributed by atoms with E-state index in [1.54, 1.807) is 36.2 Å². The summed E-state index contributed by atoms with van der Waals surface area (Å²) in [6.45, 7) is 5.05. The number of aromatic nitrogens is 3. The molecule has 0 saturated carbocycles. The molecule has 0 aliphatic heterocycles. The van der Waals surface area contributed by atoms with Gasteiger partial charge in [-0.25, -0.2) is 9.67 Å². The molecule has 2 aromatic heterocycles. The number of hydrogen-bond acceptors (Lipinski definition) is 6. The Hall–Kier alpha value is -3.20. The summed E-state index contributed by atoms with van der Waals surface area (Å²) < 4.78 is 8.32. The van der Waals surface area contributed by atoms with Crippen LogP contribution < -0.4 is 10.9 Å². The first-order valence-electron chi connectivity index (χ1n) is 9.03. The number of benzene rings is 1. The molecule has 0 aliphatic carbocycles. The van der Waals surface area contributed by atoms with Gasteiger partial charge >= 0.3 is 5.97 Å². The van der Waals surface area contributed by atoms with Gasteiger partial charge in [-0.05, 0) is 32.9 Å². The topological polar surface area (TPSA) is 95.2 Å². The molecule has 3 rings (SSSR count). The summed E-state index contributed by atoms with van der Waals surface area (Å²) in [5, 5.41) is 5.23. The van der Waals surface area contributed by atoms with Gasteiger partial charge in [0.15, 0.2) is 6.10 Å². The Morgan fingerprint density at radius 3 is 2.55 bits per heavy atom. The minimum absolute atomic E-state index is 0.00681. The van der Waals surface area contributed by atoms with E-state index in [-0.39, 0.29) is 17.7 Å². The molecular formula is C20H22N4O4S. The summed E-state index contributed by atoms with van der Waals surface area (Å²) in [7, 11) is 1.73. The molecule has 9 heteroatoms. The van der Waals surface area contributed by atoms with Crippen LogP contribution in [0.2, 0.25) is 0 Å². The number of nitrogens with one attached hydrogen (secondary N) is 1. The maximum atomic E-state index is 12.8. The lowest BCUT2D eigenvalue weighted by Crippen LogP contribution is -2.32. The van der Waals surface area contributed by atoms with E-state index < -0.39 is 18.0 Å². The molecule has 0 aliphatic rings. The highest BCUT2D eigenvalue weighted by Gasteiger charge is 2.23. The van der Waals surface area contributed by atoms with Gasteiger partial charge in [0.05, 0.1) is 28.5 Å². The molecule has 0 bridgehead atoms. The van der Waals surface area contributed by atoms with E-state index in [0.717, 1.165) is 5.01 Å². The molecule has 1 aromatic carbocycles. The number of para-hydroxylation sites is 1. The smallest absolute Gasteiger partial charge is 0.312 e. The van der Waals surface area contributed by atoms with Crippen LogP contribution in [0.25, 0.3) is 5.69 Å². The number of anilines is 1. The van der Waals surface area contributed by atoms with E-state index in [9.17, 15) is 14.4 Å². The highest BCUT2D eigenvalue weighted by atomic mass is 32.1. The molecule has 0 spiro atoms. The fourth-order valence-corrected chi connectivity index (χ4v) is 3.48. The molecule has 0 unspecified atom stereocenters. The van der Waals surface area contributed by atoms with Crippen molar-refractivity contribution in [3.8, 4) is 5.69 Å². The largest absolute Gasteiger partial charge is 0.452 e. The number of aryl methyl sites for hydroxylation is 1. The van der Waals surface area contributed by atoms with Crippen molar-refractivity contribution in [3.63, 3.8) is 0 Å². The van der Waals surface area contributed by atoms with Gasteiger partial charge in [0.25, 0.3) is 11.5 Å². The van der Waals surface area contributed by atoms with Gasteiger partial charge < -0.3 is 10.1 Å². The second kappa shape index (κ2) is 8.44. The van der Waals surface area contributed by atoms with Gasteiger partial charge in [-0.1, -0.05) is 18.2 Å². The zero-order valence-corrected chi connectivity index (χ0v) is 17.4. The normalized spacial score (nSPS) is 11.9. The third-order valence-electron chi connectivity index (χ3n) is 4.47. The fourth-order valence-electron chi connectivity index (χ4n) is 2.87. The zero-order chi connectivity index (χ0) is 21.1. The Bertz CT molecular complexity index is 1100. The van der Waals surface area contributed by atoms with E-state index >= 15 is 0 Å². The average molecular weight is 414 g/mol. The molecule has 1 amide bonds. The van der Waals surface area contributed by atoms with E-state index in [1.165, 1.54) is 22.9 Å².